The van der Waals surface area contributed by atoms with E-state index < -0.39 is 0 Å². The fourth-order valence-corrected chi connectivity index (χ4v) is 4.04. The van der Waals surface area contributed by atoms with Gasteiger partial charge >= 0.3 is 0 Å². The van der Waals surface area contributed by atoms with Gasteiger partial charge in [0, 0.05) is 18.3 Å². The number of hydrogen-bond acceptors (Lipinski definition) is 4. The molecule has 2 aromatic carbocycles. The third-order valence-electron chi connectivity index (χ3n) is 4.33. The number of aromatic nitrogens is 3. The maximum absolute atomic E-state index is 13.2. The first-order chi connectivity index (χ1) is 13.0. The van der Waals surface area contributed by atoms with Crippen LogP contribution < -0.4 is 4.90 Å². The van der Waals surface area contributed by atoms with Crippen molar-refractivity contribution in [2.24, 2.45) is 7.05 Å². The molecule has 0 saturated carbocycles. The smallest absolute Gasteiger partial charge is 0.278 e. The normalized spacial score (nSPS) is 11.1. The maximum Gasteiger partial charge on any atom is 0.280 e. The van der Waals surface area contributed by atoms with Crippen molar-refractivity contribution in [2.75, 3.05) is 4.90 Å². The van der Waals surface area contributed by atoms with Crippen LogP contribution in [0.2, 0.25) is 5.02 Å². The van der Waals surface area contributed by atoms with E-state index in [-0.39, 0.29) is 5.91 Å². The van der Waals surface area contributed by atoms with Crippen LogP contribution in [-0.4, -0.2) is 20.7 Å². The lowest BCUT2D eigenvalue weighted by Gasteiger charge is -2.19. The number of nitrogens with zero attached hydrogens (tertiary/aromatic N) is 4. The standard InChI is InChI=1S/C20H17ClN4OS/c1-13-15(21)8-9-17-18(13)22-20(27-17)25(12-14-6-4-3-5-7-14)19(26)16-10-11-24(2)23-16/h3-11H,12H2,1-2H3. The van der Waals surface area contributed by atoms with Gasteiger partial charge in [0.2, 0.25) is 0 Å². The molecular weight excluding hydrogens is 380 g/mol. The molecule has 0 fully saturated rings. The average molecular weight is 397 g/mol. The van der Waals surface area contributed by atoms with E-state index in [1.54, 1.807) is 28.9 Å². The largest absolute Gasteiger partial charge is 0.280 e. The van der Waals surface area contributed by atoms with Crippen molar-refractivity contribution in [1.29, 1.82) is 0 Å². The van der Waals surface area contributed by atoms with E-state index in [0.29, 0.717) is 22.4 Å². The van der Waals surface area contributed by atoms with Crippen LogP contribution in [0.4, 0.5) is 5.13 Å². The second-order valence-electron chi connectivity index (χ2n) is 6.27. The Hall–Kier alpha value is -2.70. The molecule has 136 valence electrons. The molecular formula is C20H17ClN4OS. The Kier molecular flexibility index (Phi) is 4.68. The molecule has 0 aliphatic rings. The summed E-state index contributed by atoms with van der Waals surface area (Å²) in [7, 11) is 1.79. The topological polar surface area (TPSA) is 51.0 Å². The third-order valence-corrected chi connectivity index (χ3v) is 5.78. The summed E-state index contributed by atoms with van der Waals surface area (Å²) in [5, 5.41) is 5.57. The number of amides is 1. The Balaban J connectivity index is 1.79. The van der Waals surface area contributed by atoms with Crippen LogP contribution in [0.15, 0.2) is 54.7 Å². The van der Waals surface area contributed by atoms with Crippen LogP contribution in [0.5, 0.6) is 0 Å². The first-order valence-corrected chi connectivity index (χ1v) is 9.63. The zero-order valence-corrected chi connectivity index (χ0v) is 16.5. The molecule has 4 aromatic rings. The van der Waals surface area contributed by atoms with Crippen molar-refractivity contribution in [3.05, 3.63) is 76.6 Å². The minimum absolute atomic E-state index is 0.178. The van der Waals surface area contributed by atoms with Crippen LogP contribution in [0.1, 0.15) is 21.6 Å². The second kappa shape index (κ2) is 7.13. The highest BCUT2D eigenvalue weighted by molar-refractivity contribution is 7.22. The summed E-state index contributed by atoms with van der Waals surface area (Å²) in [5.74, 6) is -0.178. The summed E-state index contributed by atoms with van der Waals surface area (Å²) in [6.45, 7) is 2.36. The van der Waals surface area contributed by atoms with Crippen molar-refractivity contribution >= 4 is 44.2 Å². The molecule has 2 heterocycles. The number of fused-ring (bicyclic) bond motifs is 1. The van der Waals surface area contributed by atoms with Gasteiger partial charge in [0.15, 0.2) is 10.8 Å². The molecule has 0 bridgehead atoms. The molecule has 1 amide bonds. The van der Waals surface area contributed by atoms with E-state index in [1.165, 1.54) is 11.3 Å². The fraction of sp³-hybridized carbons (Fsp3) is 0.150. The predicted octanol–water partition coefficient (Wildman–Crippen LogP) is 4.84. The average Bonchev–Trinajstić information content (AvgIpc) is 3.30. The van der Waals surface area contributed by atoms with Crippen molar-refractivity contribution in [2.45, 2.75) is 13.5 Å². The van der Waals surface area contributed by atoms with E-state index in [9.17, 15) is 4.79 Å². The van der Waals surface area contributed by atoms with Gasteiger partial charge in [-0.05, 0) is 36.2 Å². The quantitative estimate of drug-likeness (QED) is 0.496. The van der Waals surface area contributed by atoms with Gasteiger partial charge in [0.1, 0.15) is 0 Å². The van der Waals surface area contributed by atoms with Crippen molar-refractivity contribution in [1.82, 2.24) is 14.8 Å². The van der Waals surface area contributed by atoms with Gasteiger partial charge in [-0.3, -0.25) is 14.4 Å². The van der Waals surface area contributed by atoms with Gasteiger partial charge in [0.25, 0.3) is 5.91 Å². The van der Waals surface area contributed by atoms with Crippen LogP contribution in [0, 0.1) is 6.92 Å². The van der Waals surface area contributed by atoms with Crippen molar-refractivity contribution in [3.8, 4) is 0 Å². The number of hydrogen-bond donors (Lipinski definition) is 0. The lowest BCUT2D eigenvalue weighted by molar-refractivity contribution is 0.0979. The minimum atomic E-state index is -0.178. The number of benzene rings is 2. The van der Waals surface area contributed by atoms with Gasteiger partial charge in [-0.1, -0.05) is 53.3 Å². The Morgan fingerprint density at radius 2 is 1.96 bits per heavy atom. The third kappa shape index (κ3) is 3.46. The molecule has 7 heteroatoms. The summed E-state index contributed by atoms with van der Waals surface area (Å²) >= 11 is 7.72. The number of carbonyl (C=O) groups is 1. The van der Waals surface area contributed by atoms with E-state index >= 15 is 0 Å². The van der Waals surface area contributed by atoms with Crippen LogP contribution >= 0.6 is 22.9 Å². The highest BCUT2D eigenvalue weighted by Gasteiger charge is 2.24. The molecule has 0 N–H and O–H groups in total. The molecule has 0 atom stereocenters. The van der Waals surface area contributed by atoms with E-state index in [1.807, 2.05) is 49.4 Å². The van der Waals surface area contributed by atoms with Crippen LogP contribution in [0.25, 0.3) is 10.2 Å². The summed E-state index contributed by atoms with van der Waals surface area (Å²) in [6, 6.07) is 15.4. The summed E-state index contributed by atoms with van der Waals surface area (Å²) in [5.41, 5.74) is 3.16. The van der Waals surface area contributed by atoms with Gasteiger partial charge in [-0.15, -0.1) is 0 Å². The SMILES string of the molecule is Cc1c(Cl)ccc2sc(N(Cc3ccccc3)C(=O)c3ccn(C)n3)nc12. The fourth-order valence-electron chi connectivity index (χ4n) is 2.86. The molecule has 0 radical (unpaired) electrons. The Labute approximate surface area is 165 Å². The maximum atomic E-state index is 13.2. The number of anilines is 1. The first kappa shape index (κ1) is 17.7. The van der Waals surface area contributed by atoms with Gasteiger partial charge in [0.05, 0.1) is 16.8 Å². The van der Waals surface area contributed by atoms with Crippen LogP contribution in [-0.2, 0) is 13.6 Å². The van der Waals surface area contributed by atoms with E-state index in [2.05, 4.69) is 5.10 Å². The lowest BCUT2D eigenvalue weighted by atomic mass is 10.2. The minimum Gasteiger partial charge on any atom is -0.278 e. The lowest BCUT2D eigenvalue weighted by Crippen LogP contribution is -2.30. The second-order valence-corrected chi connectivity index (χ2v) is 7.68. The number of halogens is 1. The van der Waals surface area contributed by atoms with Crippen LogP contribution in [0.3, 0.4) is 0 Å². The predicted molar refractivity (Wildman–Crippen MR) is 110 cm³/mol. The van der Waals surface area contributed by atoms with Gasteiger partial charge in [-0.2, -0.15) is 5.10 Å². The number of rotatable bonds is 4. The first-order valence-electron chi connectivity index (χ1n) is 8.44. The summed E-state index contributed by atoms with van der Waals surface area (Å²) in [4.78, 5) is 19.6. The zero-order valence-electron chi connectivity index (χ0n) is 14.9. The molecule has 0 aliphatic heterocycles. The van der Waals surface area contributed by atoms with Crippen molar-refractivity contribution in [3.63, 3.8) is 0 Å². The summed E-state index contributed by atoms with van der Waals surface area (Å²) < 4.78 is 2.62. The number of carbonyl (C=O) groups excluding carboxylic acids is 1. The monoisotopic (exact) mass is 396 g/mol. The van der Waals surface area contributed by atoms with E-state index in [0.717, 1.165) is 21.3 Å². The number of thiazole rings is 1. The Bertz CT molecular complexity index is 1120. The molecule has 0 saturated heterocycles. The molecule has 4 rings (SSSR count). The van der Waals surface area contributed by atoms with Gasteiger partial charge < -0.3 is 0 Å². The highest BCUT2D eigenvalue weighted by Crippen LogP contribution is 2.34. The van der Waals surface area contributed by atoms with Gasteiger partial charge in [-0.25, -0.2) is 4.98 Å². The van der Waals surface area contributed by atoms with E-state index in [4.69, 9.17) is 16.6 Å². The molecule has 2 aromatic heterocycles. The number of aryl methyl sites for hydroxylation is 2. The Morgan fingerprint density at radius 3 is 2.67 bits per heavy atom. The zero-order chi connectivity index (χ0) is 19.0. The molecule has 27 heavy (non-hydrogen) atoms. The summed E-state index contributed by atoms with van der Waals surface area (Å²) in [6.07, 6.45) is 1.76. The molecule has 0 aliphatic carbocycles. The highest BCUT2D eigenvalue weighted by atomic mass is 35.5. The molecule has 0 spiro atoms. The molecule has 0 unspecified atom stereocenters. The molecule has 5 nitrogen and oxygen atoms in total. The Morgan fingerprint density at radius 1 is 1.19 bits per heavy atom. The van der Waals surface area contributed by atoms with Crippen molar-refractivity contribution < 1.29 is 4.79 Å².